The fraction of sp³-hybridized carbons (Fsp3) is 0.0667. The third-order valence-corrected chi connectivity index (χ3v) is 3.04. The fourth-order valence-electron chi connectivity index (χ4n) is 2.15. The van der Waals surface area contributed by atoms with Crippen molar-refractivity contribution in [1.82, 2.24) is 8.97 Å². The highest BCUT2D eigenvalue weighted by atomic mass is 16.2. The van der Waals surface area contributed by atoms with Gasteiger partial charge in [-0.3, -0.25) is 9.20 Å². The topological polar surface area (TPSA) is 43.5 Å². The molecule has 19 heavy (non-hydrogen) atoms. The molecule has 2 aromatic heterocycles. The van der Waals surface area contributed by atoms with Crippen molar-refractivity contribution >= 4 is 5.52 Å². The van der Waals surface area contributed by atoms with Crippen LogP contribution < -0.4 is 11.2 Å². The lowest BCUT2D eigenvalue weighted by atomic mass is 10.2. The molecule has 0 saturated heterocycles. The summed E-state index contributed by atoms with van der Waals surface area (Å²) in [7, 11) is 0. The van der Waals surface area contributed by atoms with Gasteiger partial charge in [0.15, 0.2) is 0 Å². The van der Waals surface area contributed by atoms with Gasteiger partial charge >= 0.3 is 5.69 Å². The third-order valence-electron chi connectivity index (χ3n) is 3.04. The second-order valence-corrected chi connectivity index (χ2v) is 4.44. The van der Waals surface area contributed by atoms with Crippen LogP contribution in [-0.2, 0) is 0 Å². The lowest BCUT2D eigenvalue weighted by Crippen LogP contribution is -2.35. The number of aromatic nitrogens is 2. The first-order valence-electron chi connectivity index (χ1n) is 5.97. The highest BCUT2D eigenvalue weighted by Gasteiger charge is 2.07. The smallest absolute Gasteiger partial charge is 0.269 e. The van der Waals surface area contributed by atoms with E-state index in [0.717, 1.165) is 5.56 Å². The number of rotatable bonds is 1. The van der Waals surface area contributed by atoms with Crippen LogP contribution in [0.3, 0.4) is 0 Å². The zero-order chi connectivity index (χ0) is 13.4. The Morgan fingerprint density at radius 3 is 2.58 bits per heavy atom. The molecule has 0 spiro atoms. The summed E-state index contributed by atoms with van der Waals surface area (Å²) in [6.45, 7) is 1.92. The average molecular weight is 252 g/mol. The van der Waals surface area contributed by atoms with Crippen molar-refractivity contribution in [1.29, 1.82) is 0 Å². The summed E-state index contributed by atoms with van der Waals surface area (Å²) in [4.78, 5) is 24.5. The van der Waals surface area contributed by atoms with Crippen LogP contribution in [0.1, 0.15) is 5.56 Å². The van der Waals surface area contributed by atoms with Gasteiger partial charge in [-0.15, -0.1) is 0 Å². The Kier molecular flexibility index (Phi) is 2.56. The van der Waals surface area contributed by atoms with E-state index < -0.39 is 0 Å². The molecular weight excluding hydrogens is 240 g/mol. The van der Waals surface area contributed by atoms with Crippen molar-refractivity contribution in [2.45, 2.75) is 6.92 Å². The van der Waals surface area contributed by atoms with E-state index in [1.165, 1.54) is 15.0 Å². The molecule has 0 bridgehead atoms. The van der Waals surface area contributed by atoms with Crippen molar-refractivity contribution in [2.24, 2.45) is 0 Å². The zero-order valence-corrected chi connectivity index (χ0v) is 10.4. The number of nitrogens with zero attached hydrogens (tertiary/aromatic N) is 2. The number of fused-ring (bicyclic) bond motifs is 1. The minimum Gasteiger partial charge on any atom is -0.269 e. The number of benzene rings is 1. The molecule has 3 rings (SSSR count). The molecule has 3 aromatic rings. The Hall–Kier alpha value is -2.62. The standard InChI is InChI=1S/C15H12N2O2/c1-11-5-4-7-13(9-11)17-14(18)10-12-6-2-3-8-16(12)15(17)19/h2-10H,1H3. The van der Waals surface area contributed by atoms with Crippen molar-refractivity contribution in [2.75, 3.05) is 0 Å². The molecule has 0 N–H and O–H groups in total. The molecule has 0 aliphatic carbocycles. The van der Waals surface area contributed by atoms with Gasteiger partial charge in [-0.05, 0) is 36.8 Å². The molecule has 1 aromatic carbocycles. The lowest BCUT2D eigenvalue weighted by Gasteiger charge is -2.07. The minimum absolute atomic E-state index is 0.318. The highest BCUT2D eigenvalue weighted by Crippen LogP contribution is 2.06. The molecule has 0 unspecified atom stereocenters. The maximum absolute atomic E-state index is 12.4. The summed E-state index contributed by atoms with van der Waals surface area (Å²) in [5.74, 6) is 0. The number of aryl methyl sites for hydroxylation is 1. The molecule has 94 valence electrons. The van der Waals surface area contributed by atoms with Gasteiger partial charge in [0, 0.05) is 12.3 Å². The van der Waals surface area contributed by atoms with Crippen molar-refractivity contribution < 1.29 is 0 Å². The second-order valence-electron chi connectivity index (χ2n) is 4.44. The molecule has 0 aliphatic heterocycles. The summed E-state index contributed by atoms with van der Waals surface area (Å²) in [5, 5.41) is 0. The van der Waals surface area contributed by atoms with E-state index in [1.54, 1.807) is 30.5 Å². The molecule has 4 nitrogen and oxygen atoms in total. The Balaban J connectivity index is 2.42. The van der Waals surface area contributed by atoms with Crippen LogP contribution in [0.15, 0.2) is 64.3 Å². The Morgan fingerprint density at radius 2 is 1.79 bits per heavy atom. The minimum atomic E-state index is -0.353. The van der Waals surface area contributed by atoms with Crippen molar-refractivity contribution in [3.63, 3.8) is 0 Å². The van der Waals surface area contributed by atoms with Gasteiger partial charge < -0.3 is 0 Å². The van der Waals surface area contributed by atoms with Gasteiger partial charge in [-0.25, -0.2) is 9.36 Å². The van der Waals surface area contributed by atoms with Gasteiger partial charge in [-0.1, -0.05) is 18.2 Å². The van der Waals surface area contributed by atoms with Gasteiger partial charge in [0.25, 0.3) is 5.56 Å². The Morgan fingerprint density at radius 1 is 0.947 bits per heavy atom. The summed E-state index contributed by atoms with van der Waals surface area (Å²) in [6.07, 6.45) is 1.66. The van der Waals surface area contributed by atoms with E-state index in [-0.39, 0.29) is 11.2 Å². The van der Waals surface area contributed by atoms with Crippen LogP contribution in [0, 0.1) is 6.92 Å². The quantitative estimate of drug-likeness (QED) is 0.662. The number of pyridine rings is 1. The van der Waals surface area contributed by atoms with E-state index in [0.29, 0.717) is 11.2 Å². The van der Waals surface area contributed by atoms with E-state index in [9.17, 15) is 9.59 Å². The Bertz CT molecular complexity index is 875. The van der Waals surface area contributed by atoms with E-state index in [2.05, 4.69) is 0 Å². The molecule has 2 heterocycles. The molecule has 4 heteroatoms. The average Bonchev–Trinajstić information content (AvgIpc) is 2.39. The first-order chi connectivity index (χ1) is 9.16. The fourth-order valence-corrected chi connectivity index (χ4v) is 2.15. The monoisotopic (exact) mass is 252 g/mol. The first-order valence-corrected chi connectivity index (χ1v) is 5.97. The van der Waals surface area contributed by atoms with E-state index in [4.69, 9.17) is 0 Å². The van der Waals surface area contributed by atoms with Crippen molar-refractivity contribution in [3.8, 4) is 5.69 Å². The normalized spacial score (nSPS) is 10.8. The number of hydrogen-bond acceptors (Lipinski definition) is 2. The summed E-state index contributed by atoms with van der Waals surface area (Å²) in [6, 6.07) is 14.1. The van der Waals surface area contributed by atoms with Crippen LogP contribution in [0.4, 0.5) is 0 Å². The molecule has 0 saturated carbocycles. The lowest BCUT2D eigenvalue weighted by molar-refractivity contribution is 0.844. The van der Waals surface area contributed by atoms with Gasteiger partial charge in [-0.2, -0.15) is 0 Å². The van der Waals surface area contributed by atoms with Gasteiger partial charge in [0.05, 0.1) is 11.2 Å². The zero-order valence-electron chi connectivity index (χ0n) is 10.4. The molecule has 0 fully saturated rings. The van der Waals surface area contributed by atoms with Gasteiger partial charge in [0.2, 0.25) is 0 Å². The maximum atomic E-state index is 12.4. The SMILES string of the molecule is Cc1cccc(-n2c(=O)cc3ccccn3c2=O)c1. The van der Waals surface area contributed by atoms with Crippen LogP contribution in [0.5, 0.6) is 0 Å². The van der Waals surface area contributed by atoms with Crippen LogP contribution in [0.25, 0.3) is 11.2 Å². The molecule has 0 aliphatic rings. The van der Waals surface area contributed by atoms with Crippen LogP contribution in [0.2, 0.25) is 0 Å². The maximum Gasteiger partial charge on any atom is 0.340 e. The molecular formula is C15H12N2O2. The molecule has 0 atom stereocenters. The largest absolute Gasteiger partial charge is 0.340 e. The first kappa shape index (κ1) is 11.5. The second kappa shape index (κ2) is 4.24. The molecule has 0 radical (unpaired) electrons. The van der Waals surface area contributed by atoms with E-state index >= 15 is 0 Å². The predicted molar refractivity (Wildman–Crippen MR) is 74.0 cm³/mol. The summed E-state index contributed by atoms with van der Waals surface area (Å²) >= 11 is 0. The van der Waals surface area contributed by atoms with Crippen LogP contribution in [-0.4, -0.2) is 8.97 Å². The van der Waals surface area contributed by atoms with Crippen molar-refractivity contribution in [3.05, 3.63) is 81.1 Å². The third kappa shape index (κ3) is 1.87. The predicted octanol–water partition coefficient (Wildman–Crippen LogP) is 1.76. The number of hydrogen-bond donors (Lipinski definition) is 0. The summed E-state index contributed by atoms with van der Waals surface area (Å²) in [5.41, 5.74) is 1.52. The highest BCUT2D eigenvalue weighted by molar-refractivity contribution is 5.46. The van der Waals surface area contributed by atoms with E-state index in [1.807, 2.05) is 25.1 Å². The van der Waals surface area contributed by atoms with Crippen LogP contribution >= 0.6 is 0 Å². The van der Waals surface area contributed by atoms with Gasteiger partial charge in [0.1, 0.15) is 0 Å². The summed E-state index contributed by atoms with van der Waals surface area (Å²) < 4.78 is 2.64. The molecule has 0 amide bonds. The Labute approximate surface area is 109 Å².